The third kappa shape index (κ3) is 3.01. The third-order valence-corrected chi connectivity index (χ3v) is 3.50. The Morgan fingerprint density at radius 2 is 1.57 bits per heavy atom. The summed E-state index contributed by atoms with van der Waals surface area (Å²) in [7, 11) is 0. The molecule has 0 aliphatic rings. The molecule has 0 fully saturated rings. The van der Waals surface area contributed by atoms with Crippen molar-refractivity contribution in [3.8, 4) is 23.3 Å². The minimum absolute atomic E-state index is 0.0402. The molecular formula is C17H16N2O4. The Kier molecular flexibility index (Phi) is 3.72. The van der Waals surface area contributed by atoms with Crippen LogP contribution in [-0.2, 0) is 6.42 Å². The van der Waals surface area contributed by atoms with Gasteiger partial charge in [-0.25, -0.2) is 0 Å². The zero-order valence-electron chi connectivity index (χ0n) is 12.1. The van der Waals surface area contributed by atoms with Crippen LogP contribution in [0.3, 0.4) is 0 Å². The zero-order valence-corrected chi connectivity index (χ0v) is 12.1. The van der Waals surface area contributed by atoms with Gasteiger partial charge in [0, 0.05) is 24.1 Å². The number of benzene rings is 2. The zero-order chi connectivity index (χ0) is 16.4. The summed E-state index contributed by atoms with van der Waals surface area (Å²) < 4.78 is 1.15. The molecule has 0 aliphatic carbocycles. The number of phenols is 2. The lowest BCUT2D eigenvalue weighted by molar-refractivity contribution is 0.391. The Labute approximate surface area is 132 Å². The lowest BCUT2D eigenvalue weighted by Gasteiger charge is -2.10. The predicted octanol–water partition coefficient (Wildman–Crippen LogP) is 2.78. The molecule has 0 aliphatic heterocycles. The molecule has 0 saturated carbocycles. The fourth-order valence-corrected chi connectivity index (χ4v) is 2.33. The van der Waals surface area contributed by atoms with E-state index in [2.05, 4.69) is 5.43 Å². The monoisotopic (exact) mass is 312 g/mol. The van der Waals surface area contributed by atoms with E-state index in [0.29, 0.717) is 16.8 Å². The molecule has 0 radical (unpaired) electrons. The van der Waals surface area contributed by atoms with Crippen LogP contribution in [0.2, 0.25) is 0 Å². The Balaban J connectivity index is 1.88. The second-order valence-electron chi connectivity index (χ2n) is 5.15. The van der Waals surface area contributed by atoms with Crippen LogP contribution in [0.15, 0.2) is 54.6 Å². The van der Waals surface area contributed by atoms with Gasteiger partial charge in [0.25, 0.3) is 0 Å². The SMILES string of the molecule is Oc1ccc(Cc2cc(O)n(Nc3ccccc3)c2O)c(O)c1. The van der Waals surface area contributed by atoms with Crippen molar-refractivity contribution in [3.63, 3.8) is 0 Å². The molecule has 2 aromatic carbocycles. The number of anilines is 1. The number of rotatable bonds is 4. The standard InChI is InChI=1S/C17H16N2O4/c20-14-7-6-11(15(21)10-14)8-12-9-16(22)19(17(12)23)18-13-4-2-1-3-5-13/h1-7,9-10,18,20-23H,8H2. The van der Waals surface area contributed by atoms with Crippen LogP contribution in [0, 0.1) is 0 Å². The summed E-state index contributed by atoms with van der Waals surface area (Å²) in [6.45, 7) is 0. The molecular weight excluding hydrogens is 296 g/mol. The molecule has 6 heteroatoms. The second kappa shape index (κ2) is 5.84. The molecule has 5 N–H and O–H groups in total. The van der Waals surface area contributed by atoms with Gasteiger partial charge in [-0.1, -0.05) is 24.3 Å². The molecule has 0 saturated heterocycles. The van der Waals surface area contributed by atoms with Crippen LogP contribution < -0.4 is 5.43 Å². The van der Waals surface area contributed by atoms with Gasteiger partial charge in [-0.3, -0.25) is 5.43 Å². The summed E-state index contributed by atoms with van der Waals surface area (Å²) in [5.74, 6) is -0.423. The van der Waals surface area contributed by atoms with Gasteiger partial charge < -0.3 is 20.4 Å². The van der Waals surface area contributed by atoms with E-state index in [1.807, 2.05) is 18.2 Å². The molecule has 0 bridgehead atoms. The first-order valence-corrected chi connectivity index (χ1v) is 7.00. The first-order valence-electron chi connectivity index (χ1n) is 7.00. The Morgan fingerprint density at radius 3 is 2.26 bits per heavy atom. The highest BCUT2D eigenvalue weighted by atomic mass is 16.3. The normalized spacial score (nSPS) is 10.6. The number of phenolic OH excluding ortho intramolecular Hbond substituents is 2. The van der Waals surface area contributed by atoms with E-state index in [4.69, 9.17) is 0 Å². The number of aromatic hydroxyl groups is 4. The summed E-state index contributed by atoms with van der Waals surface area (Å²) in [6, 6.07) is 14.8. The lowest BCUT2D eigenvalue weighted by Crippen LogP contribution is -2.07. The molecule has 118 valence electrons. The Morgan fingerprint density at radius 1 is 0.826 bits per heavy atom. The quantitative estimate of drug-likeness (QED) is 0.510. The van der Waals surface area contributed by atoms with Crippen molar-refractivity contribution < 1.29 is 20.4 Å². The van der Waals surface area contributed by atoms with Crippen molar-refractivity contribution in [2.24, 2.45) is 0 Å². The van der Waals surface area contributed by atoms with E-state index in [1.54, 1.807) is 18.2 Å². The molecule has 0 amide bonds. The third-order valence-electron chi connectivity index (χ3n) is 3.50. The highest BCUT2D eigenvalue weighted by Crippen LogP contribution is 2.32. The molecule has 0 atom stereocenters. The largest absolute Gasteiger partial charge is 0.508 e. The van der Waals surface area contributed by atoms with Gasteiger partial charge in [0.05, 0.1) is 5.69 Å². The second-order valence-corrected chi connectivity index (χ2v) is 5.15. The fraction of sp³-hybridized carbons (Fsp3) is 0.0588. The van der Waals surface area contributed by atoms with Crippen molar-refractivity contribution in [1.29, 1.82) is 0 Å². The molecule has 6 nitrogen and oxygen atoms in total. The van der Waals surface area contributed by atoms with Crippen LogP contribution in [-0.4, -0.2) is 25.1 Å². The maximum absolute atomic E-state index is 10.3. The van der Waals surface area contributed by atoms with E-state index in [-0.39, 0.29) is 29.7 Å². The lowest BCUT2D eigenvalue weighted by atomic mass is 10.1. The summed E-state index contributed by atoms with van der Waals surface area (Å²) in [5.41, 5.74) is 4.55. The van der Waals surface area contributed by atoms with Crippen molar-refractivity contribution >= 4 is 5.69 Å². The van der Waals surface area contributed by atoms with Gasteiger partial charge in [-0.2, -0.15) is 4.68 Å². The van der Waals surface area contributed by atoms with E-state index >= 15 is 0 Å². The van der Waals surface area contributed by atoms with Gasteiger partial charge in [-0.05, 0) is 23.8 Å². The molecule has 1 aromatic heterocycles. The molecule has 1 heterocycles. The van der Waals surface area contributed by atoms with Crippen LogP contribution >= 0.6 is 0 Å². The van der Waals surface area contributed by atoms with Gasteiger partial charge >= 0.3 is 0 Å². The van der Waals surface area contributed by atoms with Crippen LogP contribution in [0.5, 0.6) is 23.3 Å². The number of nitrogens with zero attached hydrogens (tertiary/aromatic N) is 1. The molecule has 0 spiro atoms. The number of para-hydroxylation sites is 1. The van der Waals surface area contributed by atoms with Crippen molar-refractivity contribution in [1.82, 2.24) is 4.68 Å². The van der Waals surface area contributed by atoms with Crippen LogP contribution in [0.1, 0.15) is 11.1 Å². The molecule has 3 aromatic rings. The molecule has 3 rings (SSSR count). The topological polar surface area (TPSA) is 97.9 Å². The van der Waals surface area contributed by atoms with Gasteiger partial charge in [0.2, 0.25) is 11.8 Å². The van der Waals surface area contributed by atoms with E-state index in [0.717, 1.165) is 4.68 Å². The van der Waals surface area contributed by atoms with E-state index in [9.17, 15) is 20.4 Å². The Bertz CT molecular complexity index is 828. The summed E-state index contributed by atoms with van der Waals surface area (Å²) >= 11 is 0. The van der Waals surface area contributed by atoms with E-state index < -0.39 is 0 Å². The number of hydrogen-bond acceptors (Lipinski definition) is 5. The number of nitrogens with one attached hydrogen (secondary N) is 1. The maximum atomic E-state index is 10.3. The average Bonchev–Trinajstić information content (AvgIpc) is 2.79. The summed E-state index contributed by atoms with van der Waals surface area (Å²) in [4.78, 5) is 0. The van der Waals surface area contributed by atoms with Crippen LogP contribution in [0.25, 0.3) is 0 Å². The number of aromatic nitrogens is 1. The average molecular weight is 312 g/mol. The maximum Gasteiger partial charge on any atom is 0.217 e. The van der Waals surface area contributed by atoms with Crippen molar-refractivity contribution in [3.05, 3.63) is 65.7 Å². The number of hydrogen-bond donors (Lipinski definition) is 5. The van der Waals surface area contributed by atoms with Crippen LogP contribution in [0.4, 0.5) is 5.69 Å². The highest BCUT2D eigenvalue weighted by Gasteiger charge is 2.16. The van der Waals surface area contributed by atoms with Crippen molar-refractivity contribution in [2.45, 2.75) is 6.42 Å². The fourth-order valence-electron chi connectivity index (χ4n) is 2.33. The highest BCUT2D eigenvalue weighted by molar-refractivity contribution is 5.49. The first kappa shape index (κ1) is 14.6. The predicted molar refractivity (Wildman–Crippen MR) is 85.8 cm³/mol. The van der Waals surface area contributed by atoms with Gasteiger partial charge in [0.1, 0.15) is 11.5 Å². The summed E-state index contributed by atoms with van der Waals surface area (Å²) in [5, 5.41) is 39.4. The van der Waals surface area contributed by atoms with Gasteiger partial charge in [0.15, 0.2) is 0 Å². The van der Waals surface area contributed by atoms with E-state index in [1.165, 1.54) is 18.2 Å². The minimum Gasteiger partial charge on any atom is -0.508 e. The smallest absolute Gasteiger partial charge is 0.217 e. The summed E-state index contributed by atoms with van der Waals surface area (Å²) in [6.07, 6.45) is 0.203. The molecule has 0 unspecified atom stereocenters. The minimum atomic E-state index is -0.154. The Hall–Kier alpha value is -3.28. The van der Waals surface area contributed by atoms with Gasteiger partial charge in [-0.15, -0.1) is 0 Å². The first-order chi connectivity index (χ1) is 11.0. The van der Waals surface area contributed by atoms with Crippen molar-refractivity contribution in [2.75, 3.05) is 5.43 Å². The molecule has 23 heavy (non-hydrogen) atoms.